The van der Waals surface area contributed by atoms with Crippen molar-refractivity contribution in [3.8, 4) is 11.9 Å². The number of carbonyl (C=O) groups excluding carboxylic acids is 2. The smallest absolute Gasteiger partial charge is 0.258 e. The number of likely N-dealkylation sites (N-methyl/N-ethyl adjacent to an activating group) is 1. The third kappa shape index (κ3) is 6.33. The molecule has 2 amide bonds. The van der Waals surface area contributed by atoms with Gasteiger partial charge in [-0.25, -0.2) is 8.42 Å². The van der Waals surface area contributed by atoms with Crippen LogP contribution in [0.3, 0.4) is 0 Å². The molecule has 2 aromatic carbocycles. The summed E-state index contributed by atoms with van der Waals surface area (Å²) in [7, 11) is -1.11. The SMILES string of the molecule is COc1cccc(C(=O)N[C@@H](CS(=O)(=O)Cc2ccccc2)C(=O)N(C)C#N)c1. The van der Waals surface area contributed by atoms with Crippen molar-refractivity contribution in [3.63, 3.8) is 0 Å². The topological polar surface area (TPSA) is 117 Å². The lowest BCUT2D eigenvalue weighted by Crippen LogP contribution is -2.50. The van der Waals surface area contributed by atoms with Gasteiger partial charge < -0.3 is 10.1 Å². The zero-order valence-electron chi connectivity index (χ0n) is 16.0. The van der Waals surface area contributed by atoms with E-state index in [0.29, 0.717) is 16.2 Å². The maximum atomic E-state index is 12.6. The van der Waals surface area contributed by atoms with Crippen LogP contribution in [0.4, 0.5) is 0 Å². The molecule has 8 nitrogen and oxygen atoms in total. The second kappa shape index (κ2) is 9.71. The highest BCUT2D eigenvalue weighted by Crippen LogP contribution is 2.13. The number of hydrogen-bond donors (Lipinski definition) is 1. The average molecular weight is 415 g/mol. The fraction of sp³-hybridized carbons (Fsp3) is 0.250. The normalized spacial score (nSPS) is 11.8. The highest BCUT2D eigenvalue weighted by atomic mass is 32.2. The zero-order valence-corrected chi connectivity index (χ0v) is 16.8. The third-order valence-corrected chi connectivity index (χ3v) is 5.68. The van der Waals surface area contributed by atoms with E-state index in [1.807, 2.05) is 0 Å². The van der Waals surface area contributed by atoms with Gasteiger partial charge in [0.25, 0.3) is 11.8 Å². The molecule has 0 aromatic heterocycles. The molecule has 0 aliphatic heterocycles. The lowest BCUT2D eigenvalue weighted by molar-refractivity contribution is -0.128. The van der Waals surface area contributed by atoms with E-state index >= 15 is 0 Å². The molecule has 0 bridgehead atoms. The van der Waals surface area contributed by atoms with E-state index in [0.717, 1.165) is 0 Å². The predicted molar refractivity (Wildman–Crippen MR) is 107 cm³/mol. The highest BCUT2D eigenvalue weighted by molar-refractivity contribution is 7.90. The van der Waals surface area contributed by atoms with Crippen LogP contribution in [0.1, 0.15) is 15.9 Å². The van der Waals surface area contributed by atoms with Crippen LogP contribution in [0, 0.1) is 11.5 Å². The van der Waals surface area contributed by atoms with Crippen molar-refractivity contribution in [1.29, 1.82) is 5.26 Å². The van der Waals surface area contributed by atoms with Crippen molar-refractivity contribution in [2.45, 2.75) is 11.8 Å². The summed E-state index contributed by atoms with van der Waals surface area (Å²) in [6, 6.07) is 13.3. The molecule has 2 aromatic rings. The molecule has 2 rings (SSSR count). The number of hydrogen-bond acceptors (Lipinski definition) is 6. The first-order chi connectivity index (χ1) is 13.8. The number of nitriles is 1. The highest BCUT2D eigenvalue weighted by Gasteiger charge is 2.30. The molecule has 0 saturated carbocycles. The molecular formula is C20H21N3O5S. The number of sulfone groups is 1. The van der Waals surface area contributed by atoms with Crippen molar-refractivity contribution in [1.82, 2.24) is 10.2 Å². The number of amides is 2. The molecule has 1 atom stereocenters. The van der Waals surface area contributed by atoms with Crippen LogP contribution in [0.25, 0.3) is 0 Å². The monoisotopic (exact) mass is 415 g/mol. The maximum Gasteiger partial charge on any atom is 0.258 e. The molecule has 29 heavy (non-hydrogen) atoms. The van der Waals surface area contributed by atoms with E-state index in [9.17, 15) is 18.0 Å². The number of rotatable bonds is 8. The van der Waals surface area contributed by atoms with Crippen LogP contribution in [0.5, 0.6) is 5.75 Å². The van der Waals surface area contributed by atoms with Crippen molar-refractivity contribution < 1.29 is 22.7 Å². The van der Waals surface area contributed by atoms with Gasteiger partial charge in [0.05, 0.1) is 18.6 Å². The summed E-state index contributed by atoms with van der Waals surface area (Å²) in [4.78, 5) is 25.8. The van der Waals surface area contributed by atoms with Gasteiger partial charge in [-0.15, -0.1) is 0 Å². The molecule has 0 aliphatic rings. The lowest BCUT2D eigenvalue weighted by atomic mass is 10.2. The Bertz CT molecular complexity index is 1020. The van der Waals surface area contributed by atoms with Gasteiger partial charge in [-0.1, -0.05) is 36.4 Å². The molecule has 0 fully saturated rings. The molecular weight excluding hydrogens is 394 g/mol. The Kier molecular flexibility index (Phi) is 7.33. The summed E-state index contributed by atoms with van der Waals surface area (Å²) in [6.07, 6.45) is 1.63. The Labute approximate surface area is 169 Å². The first-order valence-electron chi connectivity index (χ1n) is 8.62. The largest absolute Gasteiger partial charge is 0.497 e. The van der Waals surface area contributed by atoms with Gasteiger partial charge in [0.1, 0.15) is 11.8 Å². The number of nitrogens with one attached hydrogen (secondary N) is 1. The second-order valence-corrected chi connectivity index (χ2v) is 8.40. The molecule has 9 heteroatoms. The van der Waals surface area contributed by atoms with Gasteiger partial charge in [-0.05, 0) is 23.8 Å². The van der Waals surface area contributed by atoms with Crippen LogP contribution in [0.2, 0.25) is 0 Å². The zero-order chi connectivity index (χ0) is 21.4. The summed E-state index contributed by atoms with van der Waals surface area (Å²) in [6.45, 7) is 0. The van der Waals surface area contributed by atoms with E-state index in [1.165, 1.54) is 26.3 Å². The average Bonchev–Trinajstić information content (AvgIpc) is 2.72. The van der Waals surface area contributed by atoms with Crippen LogP contribution < -0.4 is 10.1 Å². The number of methoxy groups -OCH3 is 1. The van der Waals surface area contributed by atoms with Gasteiger partial charge in [0.2, 0.25) is 0 Å². The first-order valence-corrected chi connectivity index (χ1v) is 10.4. The summed E-state index contributed by atoms with van der Waals surface area (Å²) < 4.78 is 30.3. The fourth-order valence-corrected chi connectivity index (χ4v) is 4.16. The van der Waals surface area contributed by atoms with Crippen molar-refractivity contribution >= 4 is 21.7 Å². The van der Waals surface area contributed by atoms with E-state index in [4.69, 9.17) is 10.00 Å². The second-order valence-electron chi connectivity index (χ2n) is 6.30. The van der Waals surface area contributed by atoms with E-state index in [1.54, 1.807) is 48.7 Å². The van der Waals surface area contributed by atoms with Crippen LogP contribution >= 0.6 is 0 Å². The quantitative estimate of drug-likeness (QED) is 0.514. The van der Waals surface area contributed by atoms with E-state index in [-0.39, 0.29) is 11.3 Å². The number of ether oxygens (including phenoxy) is 1. The molecule has 1 N–H and O–H groups in total. The van der Waals surface area contributed by atoms with Crippen molar-refractivity contribution in [3.05, 3.63) is 65.7 Å². The minimum absolute atomic E-state index is 0.196. The number of benzene rings is 2. The molecule has 152 valence electrons. The van der Waals surface area contributed by atoms with E-state index in [2.05, 4.69) is 5.32 Å². The summed E-state index contributed by atoms with van der Waals surface area (Å²) in [5.41, 5.74) is 0.758. The Morgan fingerprint density at radius 2 is 1.86 bits per heavy atom. The van der Waals surface area contributed by atoms with Crippen molar-refractivity contribution in [2.75, 3.05) is 19.9 Å². The number of nitrogens with zero attached hydrogens (tertiary/aromatic N) is 2. The Morgan fingerprint density at radius 3 is 2.48 bits per heavy atom. The van der Waals surface area contributed by atoms with Gasteiger partial charge in [-0.2, -0.15) is 5.26 Å². The maximum absolute atomic E-state index is 12.6. The predicted octanol–water partition coefficient (Wildman–Crippen LogP) is 1.35. The van der Waals surface area contributed by atoms with Crippen LogP contribution in [0.15, 0.2) is 54.6 Å². The molecule has 0 heterocycles. The van der Waals surface area contributed by atoms with Gasteiger partial charge in [0, 0.05) is 12.6 Å². The Hall–Kier alpha value is -3.38. The summed E-state index contributed by atoms with van der Waals surface area (Å²) in [5.74, 6) is -1.96. The standard InChI is InChI=1S/C20H21N3O5S/c1-23(14-21)20(25)18(13-29(26,27)12-15-7-4-3-5-8-15)22-19(24)16-9-6-10-17(11-16)28-2/h3-11,18H,12-13H2,1-2H3,(H,22,24)/t18-/m0/s1. The van der Waals surface area contributed by atoms with Gasteiger partial charge >= 0.3 is 0 Å². The van der Waals surface area contributed by atoms with Crippen LogP contribution in [-0.2, 0) is 20.4 Å². The van der Waals surface area contributed by atoms with Crippen molar-refractivity contribution in [2.24, 2.45) is 0 Å². The molecule has 0 spiro atoms. The minimum Gasteiger partial charge on any atom is -0.497 e. The van der Waals surface area contributed by atoms with Gasteiger partial charge in [0.15, 0.2) is 16.0 Å². The summed E-state index contributed by atoms with van der Waals surface area (Å²) >= 11 is 0. The number of carbonyl (C=O) groups is 2. The minimum atomic E-state index is -3.76. The molecule has 0 unspecified atom stereocenters. The Morgan fingerprint density at radius 1 is 1.17 bits per heavy atom. The van der Waals surface area contributed by atoms with Gasteiger partial charge in [-0.3, -0.25) is 14.5 Å². The lowest BCUT2D eigenvalue weighted by Gasteiger charge is -2.20. The third-order valence-electron chi connectivity index (χ3n) is 4.07. The molecule has 0 aliphatic carbocycles. The van der Waals surface area contributed by atoms with Crippen LogP contribution in [-0.4, -0.2) is 51.1 Å². The fourth-order valence-electron chi connectivity index (χ4n) is 2.60. The van der Waals surface area contributed by atoms with E-state index < -0.39 is 33.4 Å². The molecule has 0 radical (unpaired) electrons. The Balaban J connectivity index is 2.23. The first kappa shape index (κ1) is 21.9. The summed E-state index contributed by atoms with van der Waals surface area (Å²) in [5, 5.41) is 11.4. The molecule has 0 saturated heterocycles.